The van der Waals surface area contributed by atoms with Gasteiger partial charge in [-0.2, -0.15) is 0 Å². The predicted octanol–water partition coefficient (Wildman–Crippen LogP) is 3.45. The molecular formula is C20H20BrF3N2O7S. The fraction of sp³-hybridized carbons (Fsp3) is 0.350. The molecule has 1 fully saturated rings. The molecule has 1 amide bonds. The maximum atomic E-state index is 12.8. The summed E-state index contributed by atoms with van der Waals surface area (Å²) in [6.07, 6.45) is -3.69. The van der Waals surface area contributed by atoms with Gasteiger partial charge < -0.3 is 25.4 Å². The lowest BCUT2D eigenvalue weighted by molar-refractivity contribution is -0.274. The molecule has 0 aliphatic heterocycles. The molecule has 2 aromatic rings. The van der Waals surface area contributed by atoms with E-state index in [9.17, 15) is 41.7 Å². The molecule has 0 heterocycles. The number of phenols is 2. The van der Waals surface area contributed by atoms with Crippen molar-refractivity contribution in [3.63, 3.8) is 0 Å². The Morgan fingerprint density at radius 1 is 1.21 bits per heavy atom. The number of hydrogen-bond acceptors (Lipinski definition) is 7. The van der Waals surface area contributed by atoms with E-state index in [0.717, 1.165) is 25.0 Å². The average molecular weight is 569 g/mol. The van der Waals surface area contributed by atoms with Gasteiger partial charge in [-0.25, -0.2) is 8.42 Å². The molecule has 1 aliphatic carbocycles. The van der Waals surface area contributed by atoms with E-state index >= 15 is 0 Å². The Hall–Kier alpha value is -2.71. The maximum Gasteiger partial charge on any atom is 0.573 e. The van der Waals surface area contributed by atoms with E-state index in [-0.39, 0.29) is 16.9 Å². The smallest absolute Gasteiger partial charge is 0.507 e. The fourth-order valence-electron chi connectivity index (χ4n) is 3.16. The first-order valence-corrected chi connectivity index (χ1v) is 12.0. The predicted molar refractivity (Wildman–Crippen MR) is 117 cm³/mol. The van der Waals surface area contributed by atoms with Crippen LogP contribution in [0.5, 0.6) is 17.2 Å². The molecule has 2 aromatic carbocycles. The Morgan fingerprint density at radius 2 is 1.85 bits per heavy atom. The Bertz CT molecular complexity index is 1220. The van der Waals surface area contributed by atoms with Crippen LogP contribution in [0.3, 0.4) is 0 Å². The number of nitrogens with one attached hydrogen (secondary N) is 2. The normalized spacial score (nSPS) is 15.9. The van der Waals surface area contributed by atoms with Gasteiger partial charge in [0.15, 0.2) is 5.75 Å². The quantitative estimate of drug-likeness (QED) is 0.306. The molecule has 0 spiro atoms. The van der Waals surface area contributed by atoms with E-state index in [1.54, 1.807) is 0 Å². The van der Waals surface area contributed by atoms with Crippen LogP contribution in [0.1, 0.15) is 30.1 Å². The molecule has 1 saturated carbocycles. The van der Waals surface area contributed by atoms with Crippen molar-refractivity contribution in [2.75, 3.05) is 11.3 Å². The second kappa shape index (κ2) is 9.15. The molecule has 3 rings (SSSR count). The number of carbonyl (C=O) groups is 1. The Kier molecular flexibility index (Phi) is 6.97. The fourth-order valence-corrected chi connectivity index (χ4v) is 4.85. The lowest BCUT2D eigenvalue weighted by atomic mass is 10.0. The summed E-state index contributed by atoms with van der Waals surface area (Å²) < 4.78 is 69.9. The third kappa shape index (κ3) is 6.24. The largest absolute Gasteiger partial charge is 0.573 e. The van der Waals surface area contributed by atoms with Gasteiger partial charge in [0.2, 0.25) is 0 Å². The SMILES string of the molecule is CC(O)(CNC(=O)c1cc(OC(F)(F)F)cc(NS(=O)(=O)c2cc(Br)ccc2O)c1O)C1CC1. The number of carbonyl (C=O) groups excluding carboxylic acids is 1. The molecular weight excluding hydrogens is 549 g/mol. The molecule has 0 radical (unpaired) electrons. The van der Waals surface area contributed by atoms with E-state index in [1.165, 1.54) is 13.0 Å². The van der Waals surface area contributed by atoms with Gasteiger partial charge in [-0.15, -0.1) is 13.2 Å². The molecule has 34 heavy (non-hydrogen) atoms. The minimum absolute atomic E-state index is 0.0541. The average Bonchev–Trinajstić information content (AvgIpc) is 3.55. The third-order valence-electron chi connectivity index (χ3n) is 5.08. The van der Waals surface area contributed by atoms with E-state index in [2.05, 4.69) is 26.0 Å². The van der Waals surface area contributed by atoms with Crippen molar-refractivity contribution in [3.05, 3.63) is 40.4 Å². The lowest BCUT2D eigenvalue weighted by Crippen LogP contribution is -2.42. The van der Waals surface area contributed by atoms with E-state index in [0.29, 0.717) is 12.1 Å². The summed E-state index contributed by atoms with van der Waals surface area (Å²) >= 11 is 3.04. The van der Waals surface area contributed by atoms with Gasteiger partial charge >= 0.3 is 6.36 Å². The summed E-state index contributed by atoms with van der Waals surface area (Å²) in [5, 5.41) is 33.1. The Balaban J connectivity index is 1.98. The summed E-state index contributed by atoms with van der Waals surface area (Å²) in [6.45, 7) is 1.23. The number of phenolic OH excluding ortho intramolecular Hbond substituents is 2. The first-order valence-electron chi connectivity index (χ1n) is 9.74. The van der Waals surface area contributed by atoms with Crippen molar-refractivity contribution >= 4 is 37.5 Å². The number of anilines is 1. The van der Waals surface area contributed by atoms with Gasteiger partial charge in [-0.3, -0.25) is 9.52 Å². The zero-order valence-corrected chi connectivity index (χ0v) is 19.9. The minimum atomic E-state index is -5.18. The molecule has 1 aliphatic rings. The number of amides is 1. The molecule has 14 heteroatoms. The van der Waals surface area contributed by atoms with Crippen LogP contribution in [-0.2, 0) is 10.0 Å². The second-order valence-electron chi connectivity index (χ2n) is 7.95. The zero-order chi connectivity index (χ0) is 25.5. The van der Waals surface area contributed by atoms with Crippen LogP contribution in [-0.4, -0.2) is 48.2 Å². The number of hydrogen-bond donors (Lipinski definition) is 5. The number of rotatable bonds is 8. The van der Waals surface area contributed by atoms with Gasteiger partial charge in [0.1, 0.15) is 16.4 Å². The summed E-state index contributed by atoms with van der Waals surface area (Å²) in [6, 6.07) is 4.55. The van der Waals surface area contributed by atoms with Crippen molar-refractivity contribution in [1.29, 1.82) is 0 Å². The molecule has 1 unspecified atom stereocenters. The van der Waals surface area contributed by atoms with E-state index in [4.69, 9.17) is 0 Å². The first kappa shape index (κ1) is 25.9. The summed E-state index contributed by atoms with van der Waals surface area (Å²) in [5.41, 5.74) is -2.81. The topological polar surface area (TPSA) is 145 Å². The number of halogens is 4. The number of sulfonamides is 1. The first-order chi connectivity index (χ1) is 15.6. The highest BCUT2D eigenvalue weighted by molar-refractivity contribution is 9.10. The van der Waals surface area contributed by atoms with Crippen LogP contribution < -0.4 is 14.8 Å². The van der Waals surface area contributed by atoms with Crippen LogP contribution in [0, 0.1) is 5.92 Å². The number of benzene rings is 2. The Morgan fingerprint density at radius 3 is 2.44 bits per heavy atom. The Labute approximate surface area is 200 Å². The number of ether oxygens (including phenoxy) is 1. The van der Waals surface area contributed by atoms with Crippen LogP contribution in [0.4, 0.5) is 18.9 Å². The van der Waals surface area contributed by atoms with Crippen LogP contribution >= 0.6 is 15.9 Å². The maximum absolute atomic E-state index is 12.8. The molecule has 9 nitrogen and oxygen atoms in total. The number of aromatic hydroxyl groups is 2. The van der Waals surface area contributed by atoms with Crippen LogP contribution in [0.15, 0.2) is 39.7 Å². The van der Waals surface area contributed by atoms with Gasteiger partial charge in [-0.05, 0) is 49.9 Å². The standard InChI is InChI=1S/C20H20BrF3N2O7S/c1-19(30,10-2-3-10)9-25-18(29)13-7-12(33-20(22,23)24)8-14(17(13)28)26-34(31,32)16-6-11(21)4-5-15(16)27/h4-8,10,26-28,30H,2-3,9H2,1H3,(H,25,29). The molecule has 5 N–H and O–H groups in total. The van der Waals surface area contributed by atoms with Crippen molar-refractivity contribution < 1.29 is 46.4 Å². The van der Waals surface area contributed by atoms with Gasteiger partial charge in [0.25, 0.3) is 15.9 Å². The lowest BCUT2D eigenvalue weighted by Gasteiger charge is -2.23. The van der Waals surface area contributed by atoms with Crippen molar-refractivity contribution in [2.24, 2.45) is 5.92 Å². The molecule has 1 atom stereocenters. The molecule has 0 saturated heterocycles. The molecule has 0 aromatic heterocycles. The van der Waals surface area contributed by atoms with Gasteiger partial charge in [0.05, 0.1) is 16.9 Å². The summed E-state index contributed by atoms with van der Waals surface area (Å²) in [4.78, 5) is 12.0. The van der Waals surface area contributed by atoms with E-state index < -0.39 is 61.3 Å². The highest BCUT2D eigenvalue weighted by atomic mass is 79.9. The van der Waals surface area contributed by atoms with Crippen LogP contribution in [0.2, 0.25) is 0 Å². The number of alkyl halides is 3. The van der Waals surface area contributed by atoms with Crippen molar-refractivity contribution in [3.8, 4) is 17.2 Å². The zero-order valence-electron chi connectivity index (χ0n) is 17.5. The van der Waals surface area contributed by atoms with Crippen molar-refractivity contribution in [1.82, 2.24) is 5.32 Å². The van der Waals surface area contributed by atoms with Crippen molar-refractivity contribution in [2.45, 2.75) is 36.6 Å². The van der Waals surface area contributed by atoms with Gasteiger partial charge in [0, 0.05) is 17.1 Å². The number of aliphatic hydroxyl groups is 1. The highest BCUT2D eigenvalue weighted by Crippen LogP contribution is 2.40. The summed E-state index contributed by atoms with van der Waals surface area (Å²) in [7, 11) is -4.63. The third-order valence-corrected chi connectivity index (χ3v) is 6.97. The second-order valence-corrected chi connectivity index (χ2v) is 10.5. The van der Waals surface area contributed by atoms with Crippen LogP contribution in [0.25, 0.3) is 0 Å². The molecule has 0 bridgehead atoms. The summed E-state index contributed by atoms with van der Waals surface area (Å²) in [5.74, 6) is -3.77. The van der Waals surface area contributed by atoms with E-state index in [1.807, 2.05) is 4.72 Å². The minimum Gasteiger partial charge on any atom is -0.507 e. The highest BCUT2D eigenvalue weighted by Gasteiger charge is 2.40. The molecule has 186 valence electrons. The van der Waals surface area contributed by atoms with Gasteiger partial charge in [-0.1, -0.05) is 15.9 Å². The monoisotopic (exact) mass is 568 g/mol.